The van der Waals surface area contributed by atoms with E-state index >= 15 is 0 Å². The number of hydrogen-bond acceptors (Lipinski definition) is 7. The Hall–Kier alpha value is -3.86. The Kier molecular flexibility index (Phi) is 9.16. The van der Waals surface area contributed by atoms with E-state index in [-0.39, 0.29) is 17.7 Å². The Morgan fingerprint density at radius 1 is 0.889 bits per heavy atom. The van der Waals surface area contributed by atoms with E-state index in [9.17, 15) is 14.4 Å². The summed E-state index contributed by atoms with van der Waals surface area (Å²) in [5, 5.41) is 3.85. The molecular formula is C34H39ClN4O6. The number of ketones is 1. The summed E-state index contributed by atoms with van der Waals surface area (Å²) in [6, 6.07) is 14.4. The molecule has 4 unspecified atom stereocenters. The van der Waals surface area contributed by atoms with Crippen LogP contribution in [0.4, 0.5) is 4.79 Å². The SMILES string of the molecule is COc1ccc(C2C(C(=O)c3cc(C)oc3C)C(c3ccc(Cl)cc3)N(C(=O)N3CCOCC3)C2C(=O)N2CCNCC2)cc1. The summed E-state index contributed by atoms with van der Waals surface area (Å²) in [5.74, 6) is -0.0465. The Balaban J connectivity index is 1.59. The second-order valence-electron chi connectivity index (χ2n) is 11.8. The molecule has 3 aromatic rings. The minimum atomic E-state index is -0.949. The number of halogens is 1. The molecular weight excluding hydrogens is 596 g/mol. The van der Waals surface area contributed by atoms with Crippen molar-refractivity contribution in [3.8, 4) is 5.75 Å². The molecule has 238 valence electrons. The smallest absolute Gasteiger partial charge is 0.321 e. The molecule has 0 saturated carbocycles. The number of nitrogens with one attached hydrogen (secondary N) is 1. The number of urea groups is 1. The van der Waals surface area contributed by atoms with Gasteiger partial charge in [0, 0.05) is 50.2 Å². The number of carbonyl (C=O) groups excluding carboxylic acids is 3. The van der Waals surface area contributed by atoms with E-state index < -0.39 is 23.9 Å². The number of morpholine rings is 1. The van der Waals surface area contributed by atoms with E-state index in [2.05, 4.69) is 5.32 Å². The maximum Gasteiger partial charge on any atom is 0.321 e. The summed E-state index contributed by atoms with van der Waals surface area (Å²) in [6.45, 7) is 7.49. The van der Waals surface area contributed by atoms with E-state index in [0.717, 1.165) is 11.1 Å². The second-order valence-corrected chi connectivity index (χ2v) is 12.3. The van der Waals surface area contributed by atoms with E-state index in [0.29, 0.717) is 80.3 Å². The second kappa shape index (κ2) is 13.2. The first-order chi connectivity index (χ1) is 21.8. The van der Waals surface area contributed by atoms with Gasteiger partial charge in [0.1, 0.15) is 23.3 Å². The van der Waals surface area contributed by atoms with Crippen LogP contribution in [0.2, 0.25) is 5.02 Å². The van der Waals surface area contributed by atoms with Crippen LogP contribution in [-0.2, 0) is 9.53 Å². The standard InChI is InChI=1S/C34H39ClN4O6/c1-21-20-27(22(2)45-21)32(40)29-28(23-6-10-26(43-3)11-7-23)31(33(41)37-14-12-36-13-15-37)39(34(42)38-16-18-44-19-17-38)30(29)24-4-8-25(35)9-5-24/h4-11,20,28-31,36H,12-19H2,1-3H3. The average Bonchev–Trinajstić information content (AvgIpc) is 3.61. The zero-order valence-electron chi connectivity index (χ0n) is 25.8. The van der Waals surface area contributed by atoms with Crippen molar-refractivity contribution in [1.82, 2.24) is 20.0 Å². The topological polar surface area (TPSA) is 105 Å². The van der Waals surface area contributed by atoms with E-state index in [1.807, 2.05) is 41.3 Å². The largest absolute Gasteiger partial charge is 0.497 e. The van der Waals surface area contributed by atoms with Gasteiger partial charge in [0.25, 0.3) is 0 Å². The predicted molar refractivity (Wildman–Crippen MR) is 169 cm³/mol. The lowest BCUT2D eigenvalue weighted by molar-refractivity contribution is -0.136. The summed E-state index contributed by atoms with van der Waals surface area (Å²) < 4.78 is 16.8. The van der Waals surface area contributed by atoms with Crippen LogP contribution in [0.1, 0.15) is 45.0 Å². The van der Waals surface area contributed by atoms with Gasteiger partial charge in [0.05, 0.1) is 37.8 Å². The number of piperazine rings is 1. The molecule has 45 heavy (non-hydrogen) atoms. The lowest BCUT2D eigenvalue weighted by atomic mass is 9.76. The highest BCUT2D eigenvalue weighted by Crippen LogP contribution is 2.52. The Morgan fingerprint density at radius 2 is 1.53 bits per heavy atom. The number of likely N-dealkylation sites (tertiary alicyclic amines) is 1. The number of benzene rings is 2. The minimum Gasteiger partial charge on any atom is -0.497 e. The zero-order chi connectivity index (χ0) is 31.7. The van der Waals surface area contributed by atoms with Crippen molar-refractivity contribution in [2.24, 2.45) is 5.92 Å². The third kappa shape index (κ3) is 6.06. The first-order valence-electron chi connectivity index (χ1n) is 15.4. The van der Waals surface area contributed by atoms with Gasteiger partial charge < -0.3 is 33.9 Å². The molecule has 0 aliphatic carbocycles. The molecule has 10 nitrogen and oxygen atoms in total. The van der Waals surface area contributed by atoms with Crippen LogP contribution in [-0.4, -0.2) is 98.1 Å². The number of nitrogens with zero attached hydrogens (tertiary/aromatic N) is 3. The fraction of sp³-hybridized carbons (Fsp3) is 0.441. The molecule has 3 saturated heterocycles. The van der Waals surface area contributed by atoms with Gasteiger partial charge in [-0.3, -0.25) is 9.59 Å². The van der Waals surface area contributed by atoms with Crippen LogP contribution in [0, 0.1) is 19.8 Å². The Morgan fingerprint density at radius 3 is 2.13 bits per heavy atom. The van der Waals surface area contributed by atoms with Gasteiger partial charge >= 0.3 is 6.03 Å². The molecule has 1 aromatic heterocycles. The molecule has 2 aromatic carbocycles. The van der Waals surface area contributed by atoms with Crippen molar-refractivity contribution < 1.29 is 28.3 Å². The van der Waals surface area contributed by atoms with Gasteiger partial charge in [0.15, 0.2) is 5.78 Å². The van der Waals surface area contributed by atoms with E-state index in [1.165, 1.54) is 0 Å². The van der Waals surface area contributed by atoms with Crippen LogP contribution in [0.25, 0.3) is 0 Å². The number of hydrogen-bond donors (Lipinski definition) is 1. The van der Waals surface area contributed by atoms with Crippen molar-refractivity contribution in [2.45, 2.75) is 31.8 Å². The average molecular weight is 635 g/mol. The molecule has 0 spiro atoms. The van der Waals surface area contributed by atoms with Crippen molar-refractivity contribution in [1.29, 1.82) is 0 Å². The van der Waals surface area contributed by atoms with Crippen molar-refractivity contribution in [3.63, 3.8) is 0 Å². The number of amides is 3. The first-order valence-corrected chi connectivity index (χ1v) is 15.8. The number of carbonyl (C=O) groups is 3. The third-order valence-corrected chi connectivity index (χ3v) is 9.42. The van der Waals surface area contributed by atoms with Gasteiger partial charge in [-0.25, -0.2) is 4.79 Å². The zero-order valence-corrected chi connectivity index (χ0v) is 26.6. The van der Waals surface area contributed by atoms with Crippen LogP contribution in [0.15, 0.2) is 59.0 Å². The summed E-state index contributed by atoms with van der Waals surface area (Å²) in [5.41, 5.74) is 1.95. The van der Waals surface area contributed by atoms with E-state index in [1.54, 1.807) is 49.0 Å². The molecule has 4 atom stereocenters. The number of Topliss-reactive ketones (excluding diaryl/α,β-unsaturated/α-hetero) is 1. The van der Waals surface area contributed by atoms with Gasteiger partial charge in [-0.15, -0.1) is 0 Å². The summed E-state index contributed by atoms with van der Waals surface area (Å²) in [4.78, 5) is 49.7. The molecule has 3 fully saturated rings. The fourth-order valence-electron chi connectivity index (χ4n) is 7.02. The molecule has 0 radical (unpaired) electrons. The molecule has 1 N–H and O–H groups in total. The number of aryl methyl sites for hydroxylation is 2. The van der Waals surface area contributed by atoms with Crippen molar-refractivity contribution >= 4 is 29.3 Å². The quantitative estimate of drug-likeness (QED) is 0.400. The number of methoxy groups -OCH3 is 1. The summed E-state index contributed by atoms with van der Waals surface area (Å²) in [6.07, 6.45) is 0. The maximum absolute atomic E-state index is 14.9. The molecule has 11 heteroatoms. The third-order valence-electron chi connectivity index (χ3n) is 9.17. The molecule has 3 aliphatic rings. The molecule has 0 bridgehead atoms. The summed E-state index contributed by atoms with van der Waals surface area (Å²) >= 11 is 6.33. The van der Waals surface area contributed by atoms with Gasteiger partial charge in [0.2, 0.25) is 5.91 Å². The van der Waals surface area contributed by atoms with Crippen LogP contribution >= 0.6 is 11.6 Å². The normalized spacial score (nSPS) is 23.7. The van der Waals surface area contributed by atoms with Gasteiger partial charge in [-0.2, -0.15) is 0 Å². The highest BCUT2D eigenvalue weighted by atomic mass is 35.5. The Bertz CT molecular complexity index is 1530. The van der Waals surface area contributed by atoms with E-state index in [4.69, 9.17) is 25.5 Å². The van der Waals surface area contributed by atoms with Gasteiger partial charge in [-0.05, 0) is 55.3 Å². The summed E-state index contributed by atoms with van der Waals surface area (Å²) in [7, 11) is 1.59. The maximum atomic E-state index is 14.9. The predicted octanol–water partition coefficient (Wildman–Crippen LogP) is 4.45. The van der Waals surface area contributed by atoms with Crippen LogP contribution in [0.3, 0.4) is 0 Å². The lowest BCUT2D eigenvalue weighted by Crippen LogP contribution is -2.57. The number of furan rings is 1. The first kappa shape index (κ1) is 31.1. The molecule has 6 rings (SSSR count). The van der Waals surface area contributed by atoms with Crippen LogP contribution in [0.5, 0.6) is 5.75 Å². The highest BCUT2D eigenvalue weighted by molar-refractivity contribution is 6.30. The molecule has 4 heterocycles. The molecule has 3 aliphatic heterocycles. The van der Waals surface area contributed by atoms with Gasteiger partial charge in [-0.1, -0.05) is 35.9 Å². The fourth-order valence-corrected chi connectivity index (χ4v) is 7.14. The number of rotatable bonds is 6. The van der Waals surface area contributed by atoms with Crippen molar-refractivity contribution in [2.75, 3.05) is 59.6 Å². The Labute approximate surface area is 268 Å². The number of ether oxygens (including phenoxy) is 2. The van der Waals surface area contributed by atoms with Crippen molar-refractivity contribution in [3.05, 3.63) is 87.8 Å². The highest BCUT2D eigenvalue weighted by Gasteiger charge is 2.59. The molecule has 3 amide bonds. The minimum absolute atomic E-state index is 0.173. The lowest BCUT2D eigenvalue weighted by Gasteiger charge is -2.39. The monoisotopic (exact) mass is 634 g/mol. The van der Waals surface area contributed by atoms with Crippen LogP contribution < -0.4 is 10.1 Å².